The van der Waals surface area contributed by atoms with Gasteiger partial charge in [0.25, 0.3) is 0 Å². The summed E-state index contributed by atoms with van der Waals surface area (Å²) in [5, 5.41) is 0.0907. The van der Waals surface area contributed by atoms with Gasteiger partial charge in [-0.3, -0.25) is 4.79 Å². The molecule has 0 amide bonds. The number of hydrogen-bond donors (Lipinski definition) is 0. The number of carbonyl (C=O) groups is 1. The number of fused-ring (bicyclic) bond motifs is 3. The monoisotopic (exact) mass is 382 g/mol. The van der Waals surface area contributed by atoms with Crippen molar-refractivity contribution in [2.45, 2.75) is 83.5 Å². The zero-order valence-corrected chi connectivity index (χ0v) is 18.9. The van der Waals surface area contributed by atoms with Gasteiger partial charge in [-0.15, -0.1) is 0 Å². The average Bonchev–Trinajstić information content (AvgIpc) is 2.48. The first kappa shape index (κ1) is 21.8. The maximum Gasteiger partial charge on any atom is 0.193 e. The third-order valence-electron chi connectivity index (χ3n) is 6.87. The summed E-state index contributed by atoms with van der Waals surface area (Å²) in [6.45, 7) is 18.8. The number of methoxy groups -OCH3 is 1. The van der Waals surface area contributed by atoms with Crippen molar-refractivity contribution in [3.05, 3.63) is 12.2 Å². The van der Waals surface area contributed by atoms with Crippen LogP contribution in [0.2, 0.25) is 18.1 Å². The van der Waals surface area contributed by atoms with Crippen molar-refractivity contribution < 1.29 is 18.7 Å². The van der Waals surface area contributed by atoms with Crippen molar-refractivity contribution in [3.8, 4) is 0 Å². The molecular weight excluding hydrogens is 344 g/mol. The molecule has 0 aromatic carbocycles. The Morgan fingerprint density at radius 3 is 2.50 bits per heavy atom. The Bertz CT molecular complexity index is 551. The molecule has 3 saturated carbocycles. The Labute approximate surface area is 160 Å². The highest BCUT2D eigenvalue weighted by Crippen LogP contribution is 2.59. The first-order chi connectivity index (χ1) is 11.9. The lowest BCUT2D eigenvalue weighted by Gasteiger charge is -2.59. The maximum absolute atomic E-state index is 12.9. The summed E-state index contributed by atoms with van der Waals surface area (Å²) >= 11 is 0. The Balaban J connectivity index is 2.33. The van der Waals surface area contributed by atoms with E-state index in [4.69, 9.17) is 13.9 Å². The Hall–Kier alpha value is -0.493. The molecule has 26 heavy (non-hydrogen) atoms. The average molecular weight is 383 g/mol. The first-order valence-electron chi connectivity index (χ1n) is 9.85. The number of rotatable bonds is 8. The minimum atomic E-state index is -2.06. The summed E-state index contributed by atoms with van der Waals surface area (Å²) in [4.78, 5) is 12.9. The van der Waals surface area contributed by atoms with E-state index in [-0.39, 0.29) is 23.2 Å². The summed E-state index contributed by atoms with van der Waals surface area (Å²) in [5.74, 6) is 0.316. The molecule has 0 saturated heterocycles. The van der Waals surface area contributed by atoms with Crippen LogP contribution in [0.1, 0.15) is 59.8 Å². The minimum Gasteiger partial charge on any atom is -0.407 e. The van der Waals surface area contributed by atoms with Crippen LogP contribution >= 0.6 is 0 Å². The van der Waals surface area contributed by atoms with Gasteiger partial charge < -0.3 is 13.9 Å². The lowest BCUT2D eigenvalue weighted by atomic mass is 9.53. The molecular formula is C21H38O4Si. The first-order valence-corrected chi connectivity index (χ1v) is 12.8. The number of hydrogen-bond acceptors (Lipinski definition) is 4. The molecule has 3 rings (SSSR count). The van der Waals surface area contributed by atoms with Gasteiger partial charge in [-0.2, -0.15) is 0 Å². The summed E-state index contributed by atoms with van der Waals surface area (Å²) < 4.78 is 17.5. The van der Waals surface area contributed by atoms with Crippen LogP contribution in [-0.4, -0.2) is 40.2 Å². The lowest BCUT2D eigenvalue weighted by Crippen LogP contribution is -2.62. The van der Waals surface area contributed by atoms with Crippen molar-refractivity contribution in [1.29, 1.82) is 0 Å². The van der Waals surface area contributed by atoms with Gasteiger partial charge in [-0.05, 0) is 54.8 Å². The fourth-order valence-corrected chi connectivity index (χ4v) is 5.97. The molecule has 0 spiro atoms. The highest BCUT2D eigenvalue weighted by atomic mass is 28.4. The Morgan fingerprint density at radius 2 is 2.00 bits per heavy atom. The van der Waals surface area contributed by atoms with Crippen LogP contribution in [-0.2, 0) is 18.7 Å². The Morgan fingerprint density at radius 1 is 1.35 bits per heavy atom. The maximum atomic E-state index is 12.9. The van der Waals surface area contributed by atoms with Crippen LogP contribution in [0.15, 0.2) is 12.2 Å². The third-order valence-corrected chi connectivity index (χ3v) is 11.4. The second kappa shape index (κ2) is 7.49. The van der Waals surface area contributed by atoms with Gasteiger partial charge in [0.2, 0.25) is 0 Å². The summed E-state index contributed by atoms with van der Waals surface area (Å²) in [6.07, 6.45) is 4.33. The van der Waals surface area contributed by atoms with Crippen LogP contribution < -0.4 is 0 Å². The van der Waals surface area contributed by atoms with Crippen LogP contribution in [0.4, 0.5) is 0 Å². The van der Waals surface area contributed by atoms with Crippen LogP contribution in [0.25, 0.3) is 0 Å². The van der Waals surface area contributed by atoms with E-state index in [9.17, 15) is 4.79 Å². The number of carbonyl (C=O) groups excluding carboxylic acids is 1. The third kappa shape index (κ3) is 4.16. The van der Waals surface area contributed by atoms with E-state index < -0.39 is 13.9 Å². The van der Waals surface area contributed by atoms with E-state index in [0.29, 0.717) is 25.2 Å². The normalized spacial score (nSPS) is 32.1. The van der Waals surface area contributed by atoms with E-state index in [1.165, 1.54) is 0 Å². The molecule has 0 heterocycles. The molecule has 5 heteroatoms. The Kier molecular flexibility index (Phi) is 6.28. The molecule has 150 valence electrons. The second-order valence-corrected chi connectivity index (χ2v) is 14.9. The van der Waals surface area contributed by atoms with Crippen molar-refractivity contribution in [3.63, 3.8) is 0 Å². The molecule has 3 fully saturated rings. The van der Waals surface area contributed by atoms with Gasteiger partial charge >= 0.3 is 0 Å². The molecule has 0 N–H and O–H groups in total. The van der Waals surface area contributed by atoms with E-state index in [0.717, 1.165) is 24.8 Å². The fraction of sp³-hybridized carbons (Fsp3) is 0.857. The highest BCUT2D eigenvalue weighted by molar-refractivity contribution is 6.74. The fourth-order valence-electron chi connectivity index (χ4n) is 4.40. The molecule has 2 bridgehead atoms. The van der Waals surface area contributed by atoms with Crippen molar-refractivity contribution in [2.24, 2.45) is 11.3 Å². The summed E-state index contributed by atoms with van der Waals surface area (Å²) in [7, 11) is -0.439. The van der Waals surface area contributed by atoms with Gasteiger partial charge in [-0.1, -0.05) is 34.3 Å². The summed E-state index contributed by atoms with van der Waals surface area (Å²) in [5.41, 5.74) is 0.536. The molecule has 4 nitrogen and oxygen atoms in total. The number of Topliss-reactive ketones (excluding diaryl/α,β-unsaturated/α-hetero) is 1. The SMILES string of the molecule is C=C(CCOCOC)[C@@]1(O[Si](C)(C)C(C)(C)C)C[C@@]2(C)CC[C@H]1C(=O)C2. The van der Waals surface area contributed by atoms with Gasteiger partial charge in [0, 0.05) is 19.4 Å². The zero-order valence-electron chi connectivity index (χ0n) is 17.9. The number of ether oxygens (including phenoxy) is 2. The van der Waals surface area contributed by atoms with Crippen molar-refractivity contribution in [2.75, 3.05) is 20.5 Å². The molecule has 0 radical (unpaired) electrons. The predicted octanol–water partition coefficient (Wildman–Crippen LogP) is 5.09. The van der Waals surface area contributed by atoms with Crippen molar-refractivity contribution in [1.82, 2.24) is 0 Å². The van der Waals surface area contributed by atoms with E-state index in [2.05, 4.69) is 47.4 Å². The minimum absolute atomic E-state index is 0.0323. The smallest absolute Gasteiger partial charge is 0.193 e. The van der Waals surface area contributed by atoms with Gasteiger partial charge in [0.05, 0.1) is 12.2 Å². The van der Waals surface area contributed by atoms with E-state index >= 15 is 0 Å². The van der Waals surface area contributed by atoms with Gasteiger partial charge in [0.15, 0.2) is 8.32 Å². The largest absolute Gasteiger partial charge is 0.407 e. The quantitative estimate of drug-likeness (QED) is 0.254. The van der Waals surface area contributed by atoms with E-state index in [1.807, 2.05) is 0 Å². The molecule has 3 atom stereocenters. The topological polar surface area (TPSA) is 44.8 Å². The standard InChI is InChI=1S/C21H38O4Si/c1-16(10-12-24-15-23-6)21(25-26(7,8)19(2,3)4)14-20(5)11-9-17(21)18(22)13-20/h17H,1,9-15H2,2-8H3/t17-,20-,21-/m0/s1. The van der Waals surface area contributed by atoms with Crippen LogP contribution in [0.5, 0.6) is 0 Å². The number of ketones is 1. The van der Waals surface area contributed by atoms with Crippen molar-refractivity contribution >= 4 is 14.1 Å². The zero-order chi connectivity index (χ0) is 19.8. The lowest BCUT2D eigenvalue weighted by molar-refractivity contribution is -0.152. The van der Waals surface area contributed by atoms with Crippen LogP contribution in [0, 0.1) is 11.3 Å². The predicted molar refractivity (Wildman–Crippen MR) is 108 cm³/mol. The second-order valence-electron chi connectivity index (χ2n) is 10.1. The molecule has 3 aliphatic carbocycles. The van der Waals surface area contributed by atoms with Gasteiger partial charge in [-0.25, -0.2) is 0 Å². The molecule has 0 aliphatic heterocycles. The highest BCUT2D eigenvalue weighted by Gasteiger charge is 2.60. The van der Waals surface area contributed by atoms with E-state index in [1.54, 1.807) is 7.11 Å². The molecule has 0 aromatic rings. The molecule has 0 unspecified atom stereocenters. The summed E-state index contributed by atoms with van der Waals surface area (Å²) in [6, 6.07) is 0. The molecule has 0 aromatic heterocycles. The van der Waals surface area contributed by atoms with Crippen LogP contribution in [0.3, 0.4) is 0 Å². The molecule has 3 aliphatic rings. The van der Waals surface area contributed by atoms with Gasteiger partial charge in [0.1, 0.15) is 12.6 Å².